The highest BCUT2D eigenvalue weighted by molar-refractivity contribution is 14.0. The maximum absolute atomic E-state index is 5.73. The number of ether oxygens (including phenoxy) is 2. The molecule has 0 amide bonds. The molecule has 8 heteroatoms. The lowest BCUT2D eigenvalue weighted by Gasteiger charge is -2.13. The van der Waals surface area contributed by atoms with Gasteiger partial charge in [0.15, 0.2) is 17.5 Å². The lowest BCUT2D eigenvalue weighted by molar-refractivity contribution is 0.297. The first-order valence-corrected chi connectivity index (χ1v) is 9.60. The molecule has 0 spiro atoms. The lowest BCUT2D eigenvalue weighted by Crippen LogP contribution is -2.30. The van der Waals surface area contributed by atoms with Gasteiger partial charge in [0.1, 0.15) is 0 Å². The number of nitrogens with one attached hydrogen (secondary N) is 2. The standard InChI is InChI=1S/C17H20BrN3O2S.HI/c1-2-19-17(20-10-14-8-12(18)11-24-14)21-13-4-5-15-16(9-13)23-7-3-6-22-15;/h4-5,8-9,11H,2-3,6-7,10H2,1H3,(H2,19,20,21);1H. The van der Waals surface area contributed by atoms with Gasteiger partial charge in [-0.25, -0.2) is 4.99 Å². The maximum Gasteiger partial charge on any atom is 0.196 e. The second kappa shape index (κ2) is 10.2. The van der Waals surface area contributed by atoms with E-state index in [0.717, 1.165) is 40.6 Å². The third-order valence-electron chi connectivity index (χ3n) is 3.37. The van der Waals surface area contributed by atoms with Gasteiger partial charge in [-0.15, -0.1) is 35.3 Å². The molecular weight excluding hydrogens is 517 g/mol. The Morgan fingerprint density at radius 3 is 2.76 bits per heavy atom. The molecule has 1 aromatic carbocycles. The summed E-state index contributed by atoms with van der Waals surface area (Å²) in [4.78, 5) is 5.84. The molecule has 0 bridgehead atoms. The Morgan fingerprint density at radius 2 is 2.04 bits per heavy atom. The Bertz CT molecular complexity index is 724. The van der Waals surface area contributed by atoms with Crippen LogP contribution in [0.3, 0.4) is 0 Å². The smallest absolute Gasteiger partial charge is 0.196 e. The van der Waals surface area contributed by atoms with Gasteiger partial charge in [0.25, 0.3) is 0 Å². The number of benzene rings is 1. The quantitative estimate of drug-likeness (QED) is 0.332. The topological polar surface area (TPSA) is 54.9 Å². The summed E-state index contributed by atoms with van der Waals surface area (Å²) >= 11 is 5.16. The van der Waals surface area contributed by atoms with Gasteiger partial charge in [-0.05, 0) is 41.1 Å². The highest BCUT2D eigenvalue weighted by Gasteiger charge is 2.11. The Hall–Kier alpha value is -1.00. The molecular formula is C17H21BrIN3O2S. The maximum atomic E-state index is 5.73. The van der Waals surface area contributed by atoms with E-state index in [2.05, 4.69) is 43.0 Å². The van der Waals surface area contributed by atoms with Gasteiger partial charge in [0, 0.05) is 39.4 Å². The zero-order chi connectivity index (χ0) is 16.8. The molecule has 0 atom stereocenters. The van der Waals surface area contributed by atoms with Crippen molar-refractivity contribution in [3.05, 3.63) is 39.0 Å². The molecule has 0 saturated heterocycles. The molecule has 2 aromatic rings. The molecule has 3 rings (SSSR count). The highest BCUT2D eigenvalue weighted by Crippen LogP contribution is 2.32. The molecule has 2 heterocycles. The first-order valence-electron chi connectivity index (χ1n) is 7.92. The van der Waals surface area contributed by atoms with Crippen LogP contribution >= 0.6 is 51.2 Å². The number of nitrogens with zero attached hydrogens (tertiary/aromatic N) is 1. The second-order valence-corrected chi connectivity index (χ2v) is 7.17. The van der Waals surface area contributed by atoms with Crippen molar-refractivity contribution in [2.24, 2.45) is 4.99 Å². The van der Waals surface area contributed by atoms with Crippen LogP contribution in [-0.4, -0.2) is 25.7 Å². The fourth-order valence-electron chi connectivity index (χ4n) is 2.28. The Kier molecular flexibility index (Phi) is 8.31. The first kappa shape index (κ1) is 20.3. The third-order valence-corrected chi connectivity index (χ3v) is 5.05. The lowest BCUT2D eigenvalue weighted by atomic mass is 10.3. The zero-order valence-electron chi connectivity index (χ0n) is 13.9. The van der Waals surface area contributed by atoms with Gasteiger partial charge < -0.3 is 20.1 Å². The third kappa shape index (κ3) is 6.03. The van der Waals surface area contributed by atoms with E-state index in [1.54, 1.807) is 11.3 Å². The van der Waals surface area contributed by atoms with Crippen LogP contribution in [0.1, 0.15) is 18.2 Å². The SMILES string of the molecule is CCNC(=NCc1cc(Br)cs1)Nc1ccc2c(c1)OCCCO2.I. The van der Waals surface area contributed by atoms with Gasteiger partial charge in [-0.3, -0.25) is 0 Å². The summed E-state index contributed by atoms with van der Waals surface area (Å²) in [6, 6.07) is 7.95. The Morgan fingerprint density at radius 1 is 1.24 bits per heavy atom. The molecule has 1 aromatic heterocycles. The zero-order valence-corrected chi connectivity index (χ0v) is 18.6. The summed E-state index contributed by atoms with van der Waals surface area (Å²) < 4.78 is 12.5. The summed E-state index contributed by atoms with van der Waals surface area (Å²) in [6.45, 7) is 4.85. The summed E-state index contributed by atoms with van der Waals surface area (Å²) in [5, 5.41) is 8.65. The summed E-state index contributed by atoms with van der Waals surface area (Å²) in [5.41, 5.74) is 0.923. The molecule has 5 nitrogen and oxygen atoms in total. The van der Waals surface area contributed by atoms with E-state index in [-0.39, 0.29) is 24.0 Å². The van der Waals surface area contributed by atoms with E-state index in [0.29, 0.717) is 19.8 Å². The number of rotatable bonds is 4. The van der Waals surface area contributed by atoms with Crippen LogP contribution in [0.15, 0.2) is 39.1 Å². The molecule has 0 saturated carbocycles. The van der Waals surface area contributed by atoms with Crippen molar-refractivity contribution >= 4 is 62.9 Å². The van der Waals surface area contributed by atoms with E-state index < -0.39 is 0 Å². The molecule has 1 aliphatic heterocycles. The van der Waals surface area contributed by atoms with Crippen LogP contribution in [0.2, 0.25) is 0 Å². The number of halogens is 2. The molecule has 25 heavy (non-hydrogen) atoms. The van der Waals surface area contributed by atoms with E-state index >= 15 is 0 Å². The van der Waals surface area contributed by atoms with E-state index in [4.69, 9.17) is 9.47 Å². The predicted molar refractivity (Wildman–Crippen MR) is 118 cm³/mol. The minimum Gasteiger partial charge on any atom is -0.490 e. The molecule has 2 N–H and O–H groups in total. The van der Waals surface area contributed by atoms with Crippen molar-refractivity contribution in [2.75, 3.05) is 25.1 Å². The largest absolute Gasteiger partial charge is 0.490 e. The Labute approximate surface area is 177 Å². The van der Waals surface area contributed by atoms with E-state index in [9.17, 15) is 0 Å². The molecule has 0 unspecified atom stereocenters. The number of hydrogen-bond donors (Lipinski definition) is 2. The normalized spacial score (nSPS) is 13.6. The van der Waals surface area contributed by atoms with Gasteiger partial charge >= 0.3 is 0 Å². The van der Waals surface area contributed by atoms with Crippen LogP contribution in [-0.2, 0) is 6.54 Å². The molecule has 1 aliphatic rings. The average Bonchev–Trinajstić information content (AvgIpc) is 2.85. The van der Waals surface area contributed by atoms with Gasteiger partial charge in [0.2, 0.25) is 0 Å². The van der Waals surface area contributed by atoms with Crippen LogP contribution in [0.5, 0.6) is 11.5 Å². The minimum absolute atomic E-state index is 0. The van der Waals surface area contributed by atoms with Crippen LogP contribution in [0.4, 0.5) is 5.69 Å². The van der Waals surface area contributed by atoms with Gasteiger partial charge in [-0.1, -0.05) is 0 Å². The number of anilines is 1. The van der Waals surface area contributed by atoms with E-state index in [1.807, 2.05) is 25.1 Å². The number of hydrogen-bond acceptors (Lipinski definition) is 4. The fourth-order valence-corrected chi connectivity index (χ4v) is 3.65. The van der Waals surface area contributed by atoms with Crippen molar-refractivity contribution in [3.8, 4) is 11.5 Å². The van der Waals surface area contributed by atoms with Crippen molar-refractivity contribution < 1.29 is 9.47 Å². The van der Waals surface area contributed by atoms with Crippen molar-refractivity contribution in [1.82, 2.24) is 5.32 Å². The molecule has 0 radical (unpaired) electrons. The minimum atomic E-state index is 0. The average molecular weight is 538 g/mol. The summed E-state index contributed by atoms with van der Waals surface area (Å²) in [6.07, 6.45) is 0.901. The number of fused-ring (bicyclic) bond motifs is 1. The fraction of sp³-hybridized carbons (Fsp3) is 0.353. The van der Waals surface area contributed by atoms with Crippen LogP contribution in [0.25, 0.3) is 0 Å². The second-order valence-electron chi connectivity index (χ2n) is 5.26. The van der Waals surface area contributed by atoms with Gasteiger partial charge in [-0.2, -0.15) is 0 Å². The number of aliphatic imine (C=N–C) groups is 1. The van der Waals surface area contributed by atoms with Crippen molar-refractivity contribution in [1.29, 1.82) is 0 Å². The highest BCUT2D eigenvalue weighted by atomic mass is 127. The van der Waals surface area contributed by atoms with Crippen molar-refractivity contribution in [3.63, 3.8) is 0 Å². The number of guanidine groups is 1. The summed E-state index contributed by atoms with van der Waals surface area (Å²) in [7, 11) is 0. The molecule has 136 valence electrons. The first-order chi connectivity index (χ1) is 11.7. The van der Waals surface area contributed by atoms with Crippen LogP contribution in [0, 0.1) is 0 Å². The van der Waals surface area contributed by atoms with Gasteiger partial charge in [0.05, 0.1) is 19.8 Å². The van der Waals surface area contributed by atoms with E-state index in [1.165, 1.54) is 4.88 Å². The monoisotopic (exact) mass is 537 g/mol. The summed E-state index contributed by atoms with van der Waals surface area (Å²) in [5.74, 6) is 2.32. The predicted octanol–water partition coefficient (Wildman–Crippen LogP) is 4.87. The van der Waals surface area contributed by atoms with Crippen LogP contribution < -0.4 is 20.1 Å². The molecule has 0 aliphatic carbocycles. The molecule has 0 fully saturated rings. The van der Waals surface area contributed by atoms with Crippen molar-refractivity contribution in [2.45, 2.75) is 19.9 Å². The Balaban J connectivity index is 0.00000225. The number of thiophene rings is 1.